The van der Waals surface area contributed by atoms with Crippen molar-refractivity contribution in [1.29, 1.82) is 0 Å². The Morgan fingerprint density at radius 3 is 1.91 bits per heavy atom. The van der Waals surface area contributed by atoms with Gasteiger partial charge in [0.25, 0.3) is 5.56 Å². The van der Waals surface area contributed by atoms with E-state index < -0.39 is 11.9 Å². The number of carboxylic acids is 2. The third kappa shape index (κ3) is 7.75. The summed E-state index contributed by atoms with van der Waals surface area (Å²) >= 11 is 0. The highest BCUT2D eigenvalue weighted by Gasteiger charge is 2.28. The first-order valence-corrected chi connectivity index (χ1v) is 14.2. The molecule has 1 saturated heterocycles. The SMILES string of the molecule is Cn1c(=O)c2c(ncn2CCCN2CCC(C(c3ccccc3)c3ccccc3)CC2)n(C)c1=O.O=C(O)/C=C/C(=O)O. The van der Waals surface area contributed by atoms with Crippen LogP contribution in [0, 0.1) is 5.92 Å². The average Bonchev–Trinajstić information content (AvgIpc) is 3.44. The van der Waals surface area contributed by atoms with Crippen molar-refractivity contribution in [3.05, 3.63) is 111 Å². The van der Waals surface area contributed by atoms with Gasteiger partial charge in [-0.15, -0.1) is 0 Å². The molecule has 0 spiro atoms. The van der Waals surface area contributed by atoms with Crippen molar-refractivity contribution in [3.8, 4) is 0 Å². The van der Waals surface area contributed by atoms with Crippen molar-refractivity contribution in [2.24, 2.45) is 20.0 Å². The summed E-state index contributed by atoms with van der Waals surface area (Å²) in [7, 11) is 3.17. The molecule has 1 aliphatic rings. The molecule has 0 unspecified atom stereocenters. The second kappa shape index (κ2) is 14.4. The molecular weight excluding hydrogens is 550 g/mol. The molecule has 11 nitrogen and oxygen atoms in total. The van der Waals surface area contributed by atoms with Gasteiger partial charge in [0.2, 0.25) is 0 Å². The lowest BCUT2D eigenvalue weighted by molar-refractivity contribution is -0.134. The van der Waals surface area contributed by atoms with Crippen LogP contribution in [0.5, 0.6) is 0 Å². The molecule has 3 heterocycles. The van der Waals surface area contributed by atoms with Crippen molar-refractivity contribution in [3.63, 3.8) is 0 Å². The number of rotatable bonds is 9. The van der Waals surface area contributed by atoms with Crippen LogP contribution in [0.1, 0.15) is 36.3 Å². The number of benzene rings is 2. The highest BCUT2D eigenvalue weighted by atomic mass is 16.4. The molecule has 0 aliphatic carbocycles. The van der Waals surface area contributed by atoms with Gasteiger partial charge >= 0.3 is 17.6 Å². The predicted molar refractivity (Wildman–Crippen MR) is 163 cm³/mol. The minimum absolute atomic E-state index is 0.283. The fourth-order valence-corrected chi connectivity index (χ4v) is 5.74. The van der Waals surface area contributed by atoms with Crippen LogP contribution in [0.3, 0.4) is 0 Å². The van der Waals surface area contributed by atoms with Crippen LogP contribution in [0.25, 0.3) is 11.2 Å². The van der Waals surface area contributed by atoms with Crippen LogP contribution in [0.4, 0.5) is 0 Å². The third-order valence-electron chi connectivity index (χ3n) is 7.88. The molecule has 0 atom stereocenters. The van der Waals surface area contributed by atoms with E-state index in [9.17, 15) is 19.2 Å². The lowest BCUT2D eigenvalue weighted by Crippen LogP contribution is -2.38. The zero-order valence-electron chi connectivity index (χ0n) is 24.4. The number of aryl methyl sites for hydroxylation is 2. The summed E-state index contributed by atoms with van der Waals surface area (Å²) < 4.78 is 4.49. The van der Waals surface area contributed by atoms with Crippen LogP contribution in [0.2, 0.25) is 0 Å². The zero-order chi connectivity index (χ0) is 30.9. The van der Waals surface area contributed by atoms with Crippen LogP contribution in [-0.2, 0) is 30.2 Å². The molecule has 1 aliphatic heterocycles. The van der Waals surface area contributed by atoms with Crippen LogP contribution >= 0.6 is 0 Å². The first kappa shape index (κ1) is 31.2. The van der Waals surface area contributed by atoms with Crippen LogP contribution in [0.15, 0.2) is 88.7 Å². The van der Waals surface area contributed by atoms with E-state index in [1.54, 1.807) is 13.4 Å². The Morgan fingerprint density at radius 1 is 0.860 bits per heavy atom. The smallest absolute Gasteiger partial charge is 0.332 e. The summed E-state index contributed by atoms with van der Waals surface area (Å²) in [6.07, 6.45) is 6.08. The van der Waals surface area contributed by atoms with Gasteiger partial charge in [-0.3, -0.25) is 13.9 Å². The number of nitrogens with zero attached hydrogens (tertiary/aromatic N) is 5. The number of fused-ring (bicyclic) bond motifs is 1. The second-order valence-electron chi connectivity index (χ2n) is 10.7. The standard InChI is InChI=1S/C28H33N5O2.C4H4O4/c1-30-26-25(27(34)31(2)28(30)35)33(20-29-26)17-9-16-32-18-14-23(15-19-32)24(21-10-5-3-6-11-21)22-12-7-4-8-13-22;5-3(6)1-2-4(7)8/h3-8,10-13,20,23-24H,9,14-19H2,1-2H3;1-2H,(H,5,6)(H,7,8)/b;2-1+. The summed E-state index contributed by atoms with van der Waals surface area (Å²) in [4.78, 5) is 50.8. The molecule has 43 heavy (non-hydrogen) atoms. The summed E-state index contributed by atoms with van der Waals surface area (Å²) in [5.74, 6) is -1.46. The fourth-order valence-electron chi connectivity index (χ4n) is 5.74. The van der Waals surface area contributed by atoms with Gasteiger partial charge in [0.1, 0.15) is 0 Å². The highest BCUT2D eigenvalue weighted by molar-refractivity contribution is 5.89. The maximum atomic E-state index is 12.7. The quantitative estimate of drug-likeness (QED) is 0.285. The highest BCUT2D eigenvalue weighted by Crippen LogP contribution is 2.37. The van der Waals surface area contributed by atoms with E-state index in [1.165, 1.54) is 35.6 Å². The Bertz CT molecular complexity index is 1630. The summed E-state index contributed by atoms with van der Waals surface area (Å²) in [6.45, 7) is 3.86. The third-order valence-corrected chi connectivity index (χ3v) is 7.88. The van der Waals surface area contributed by atoms with E-state index >= 15 is 0 Å². The second-order valence-corrected chi connectivity index (χ2v) is 10.7. The maximum absolute atomic E-state index is 12.7. The molecule has 4 aromatic rings. The average molecular weight is 588 g/mol. The Morgan fingerprint density at radius 2 is 1.40 bits per heavy atom. The molecule has 0 saturated carbocycles. The van der Waals surface area contributed by atoms with Gasteiger partial charge in [0, 0.05) is 38.7 Å². The number of imidazole rings is 1. The Labute approximate surface area is 249 Å². The monoisotopic (exact) mass is 587 g/mol. The molecule has 2 N–H and O–H groups in total. The van der Waals surface area contributed by atoms with E-state index in [0.29, 0.717) is 41.7 Å². The van der Waals surface area contributed by atoms with Crippen LogP contribution in [-0.4, -0.2) is 65.4 Å². The van der Waals surface area contributed by atoms with Gasteiger partial charge in [-0.25, -0.2) is 19.4 Å². The molecule has 0 bridgehead atoms. The van der Waals surface area contributed by atoms with Gasteiger partial charge in [0.05, 0.1) is 6.33 Å². The summed E-state index contributed by atoms with van der Waals surface area (Å²) in [5.41, 5.74) is 3.13. The lowest BCUT2D eigenvalue weighted by Gasteiger charge is -2.36. The van der Waals surface area contributed by atoms with Crippen molar-refractivity contribution in [1.82, 2.24) is 23.6 Å². The first-order valence-electron chi connectivity index (χ1n) is 14.2. The van der Waals surface area contributed by atoms with E-state index in [-0.39, 0.29) is 11.2 Å². The van der Waals surface area contributed by atoms with E-state index in [2.05, 4.69) is 70.5 Å². The lowest BCUT2D eigenvalue weighted by atomic mass is 9.76. The van der Waals surface area contributed by atoms with E-state index in [0.717, 1.165) is 30.6 Å². The number of hydrogen-bond acceptors (Lipinski definition) is 6. The van der Waals surface area contributed by atoms with Gasteiger partial charge < -0.3 is 19.7 Å². The van der Waals surface area contributed by atoms with E-state index in [1.807, 2.05) is 4.57 Å². The minimum Gasteiger partial charge on any atom is -0.478 e. The van der Waals surface area contributed by atoms with Crippen molar-refractivity contribution in [2.45, 2.75) is 31.7 Å². The first-order chi connectivity index (χ1) is 20.7. The topological polar surface area (TPSA) is 140 Å². The molecule has 2 aromatic carbocycles. The van der Waals surface area contributed by atoms with Gasteiger partial charge in [-0.05, 0) is 55.9 Å². The van der Waals surface area contributed by atoms with Crippen LogP contribution < -0.4 is 11.2 Å². The molecule has 0 amide bonds. The maximum Gasteiger partial charge on any atom is 0.332 e. The molecule has 2 aromatic heterocycles. The van der Waals surface area contributed by atoms with Gasteiger partial charge in [-0.1, -0.05) is 60.7 Å². The molecule has 226 valence electrons. The largest absolute Gasteiger partial charge is 0.478 e. The Hall–Kier alpha value is -4.77. The van der Waals surface area contributed by atoms with Crippen molar-refractivity contribution in [2.75, 3.05) is 19.6 Å². The number of hydrogen-bond donors (Lipinski definition) is 2. The van der Waals surface area contributed by atoms with Gasteiger partial charge in [0.15, 0.2) is 11.2 Å². The number of likely N-dealkylation sites (tertiary alicyclic amines) is 1. The van der Waals surface area contributed by atoms with E-state index in [4.69, 9.17) is 10.2 Å². The fraction of sp³-hybridized carbons (Fsp3) is 0.344. The van der Waals surface area contributed by atoms with Gasteiger partial charge in [-0.2, -0.15) is 0 Å². The normalized spacial score (nSPS) is 14.2. The molecule has 5 rings (SSSR count). The Kier molecular flexibility index (Phi) is 10.4. The molecule has 0 radical (unpaired) electrons. The molecule has 11 heteroatoms. The minimum atomic E-state index is -1.26. The number of aromatic nitrogens is 4. The number of piperidine rings is 1. The van der Waals surface area contributed by atoms with Crippen molar-refractivity contribution >= 4 is 23.1 Å². The molecule has 1 fully saturated rings. The Balaban J connectivity index is 0.000000467. The summed E-state index contributed by atoms with van der Waals surface area (Å²) in [6, 6.07) is 21.8. The number of carbonyl (C=O) groups is 2. The molecular formula is C32H37N5O6. The van der Waals surface area contributed by atoms with Crippen molar-refractivity contribution < 1.29 is 19.8 Å². The predicted octanol–water partition coefficient (Wildman–Crippen LogP) is 3.08. The summed E-state index contributed by atoms with van der Waals surface area (Å²) in [5, 5.41) is 15.6. The zero-order valence-corrected chi connectivity index (χ0v) is 24.4. The number of carboxylic acid groups (broad SMARTS) is 2. The number of aliphatic carboxylic acids is 2.